The van der Waals surface area contributed by atoms with Crippen molar-refractivity contribution in [3.8, 4) is 22.9 Å². The molecule has 0 aliphatic carbocycles. The lowest BCUT2D eigenvalue weighted by molar-refractivity contribution is 0.268. The van der Waals surface area contributed by atoms with Gasteiger partial charge in [0.05, 0.1) is 0 Å². The van der Waals surface area contributed by atoms with Crippen LogP contribution in [-0.4, -0.2) is 11.5 Å². The van der Waals surface area contributed by atoms with Crippen LogP contribution in [0.25, 0.3) is 11.1 Å². The van der Waals surface area contributed by atoms with Gasteiger partial charge in [0, 0.05) is 18.2 Å². The maximum Gasteiger partial charge on any atom is 0.225 e. The van der Waals surface area contributed by atoms with Gasteiger partial charge in [-0.2, -0.15) is 4.98 Å². The van der Waals surface area contributed by atoms with E-state index in [1.54, 1.807) is 0 Å². The zero-order valence-corrected chi connectivity index (χ0v) is 18.0. The quantitative estimate of drug-likeness (QED) is 0.424. The number of nitrogens with one attached hydrogen (secondary N) is 1. The smallest absolute Gasteiger partial charge is 0.225 e. The number of hydrogen-bond acceptors (Lipinski definition) is 4. The molecule has 0 spiro atoms. The standard InChI is InChI=1S/C28H26N2O2/c1-3-7-21(8-4-1)19-31-27-14-13-26(24-12-11-23-15-16-29-18-25(23)17-24)28(30-27)32-20-22-9-5-2-6-10-22/h1-14,17,29H,15-16,18-20H2. The number of fused-ring (bicyclic) bond motifs is 1. The minimum Gasteiger partial charge on any atom is -0.473 e. The SMILES string of the molecule is c1ccc(COc2ccc(-c3ccc4c(c3)CNCC4)c(OCc3ccccc3)n2)cc1. The molecule has 0 amide bonds. The van der Waals surface area contributed by atoms with Crippen molar-refractivity contribution in [3.05, 3.63) is 113 Å². The predicted octanol–water partition coefficient (Wildman–Crippen LogP) is 5.55. The monoisotopic (exact) mass is 422 g/mol. The van der Waals surface area contributed by atoms with Gasteiger partial charge in [0.15, 0.2) is 0 Å². The Morgan fingerprint density at radius 2 is 1.44 bits per heavy atom. The molecule has 0 bridgehead atoms. The van der Waals surface area contributed by atoms with Crippen molar-refractivity contribution in [3.63, 3.8) is 0 Å². The highest BCUT2D eigenvalue weighted by molar-refractivity contribution is 5.70. The van der Waals surface area contributed by atoms with Gasteiger partial charge >= 0.3 is 0 Å². The number of rotatable bonds is 7. The summed E-state index contributed by atoms with van der Waals surface area (Å²) in [4.78, 5) is 4.73. The zero-order chi connectivity index (χ0) is 21.6. The van der Waals surface area contributed by atoms with E-state index in [-0.39, 0.29) is 0 Å². The first-order valence-electron chi connectivity index (χ1n) is 11.0. The minimum absolute atomic E-state index is 0.454. The van der Waals surface area contributed by atoms with Crippen LogP contribution in [0.1, 0.15) is 22.3 Å². The van der Waals surface area contributed by atoms with Crippen LogP contribution in [0.5, 0.6) is 11.8 Å². The molecule has 160 valence electrons. The van der Waals surface area contributed by atoms with Gasteiger partial charge in [0.1, 0.15) is 13.2 Å². The van der Waals surface area contributed by atoms with E-state index in [1.165, 1.54) is 11.1 Å². The molecule has 0 saturated heterocycles. The molecule has 1 aliphatic rings. The maximum absolute atomic E-state index is 6.21. The molecule has 0 atom stereocenters. The molecule has 5 rings (SSSR count). The van der Waals surface area contributed by atoms with Crippen LogP contribution >= 0.6 is 0 Å². The van der Waals surface area contributed by atoms with Crippen molar-refractivity contribution in [2.24, 2.45) is 0 Å². The second-order valence-electron chi connectivity index (χ2n) is 7.96. The van der Waals surface area contributed by atoms with E-state index in [1.807, 2.05) is 60.7 Å². The summed E-state index contributed by atoms with van der Waals surface area (Å²) in [5.41, 5.74) is 7.04. The van der Waals surface area contributed by atoms with Gasteiger partial charge < -0.3 is 14.8 Å². The Balaban J connectivity index is 1.43. The number of ether oxygens (including phenoxy) is 2. The summed E-state index contributed by atoms with van der Waals surface area (Å²) in [6.45, 7) is 2.85. The molecule has 4 aromatic rings. The molecule has 1 N–H and O–H groups in total. The fourth-order valence-corrected chi connectivity index (χ4v) is 3.94. The van der Waals surface area contributed by atoms with Gasteiger partial charge in [0.25, 0.3) is 0 Å². The van der Waals surface area contributed by atoms with Crippen LogP contribution in [0.3, 0.4) is 0 Å². The van der Waals surface area contributed by atoms with E-state index in [0.29, 0.717) is 25.0 Å². The Labute approximate surface area is 188 Å². The van der Waals surface area contributed by atoms with Gasteiger partial charge in [-0.15, -0.1) is 0 Å². The largest absolute Gasteiger partial charge is 0.473 e. The van der Waals surface area contributed by atoms with Crippen LogP contribution in [0.4, 0.5) is 0 Å². The van der Waals surface area contributed by atoms with Gasteiger partial charge in [-0.1, -0.05) is 72.8 Å². The number of aromatic nitrogens is 1. The number of pyridine rings is 1. The summed E-state index contributed by atoms with van der Waals surface area (Å²) >= 11 is 0. The van der Waals surface area contributed by atoms with E-state index in [9.17, 15) is 0 Å². The molecule has 2 heterocycles. The second-order valence-corrected chi connectivity index (χ2v) is 7.96. The molecular formula is C28H26N2O2. The Morgan fingerprint density at radius 1 is 0.719 bits per heavy atom. The topological polar surface area (TPSA) is 43.4 Å². The summed E-state index contributed by atoms with van der Waals surface area (Å²) in [7, 11) is 0. The number of hydrogen-bond donors (Lipinski definition) is 1. The average Bonchev–Trinajstić information content (AvgIpc) is 2.87. The number of benzene rings is 3. The van der Waals surface area contributed by atoms with E-state index in [2.05, 4.69) is 35.6 Å². The molecule has 1 aliphatic heterocycles. The molecule has 0 unspecified atom stereocenters. The van der Waals surface area contributed by atoms with Crippen molar-refractivity contribution in [1.29, 1.82) is 0 Å². The summed E-state index contributed by atoms with van der Waals surface area (Å²) in [5, 5.41) is 3.46. The molecule has 0 saturated carbocycles. The molecule has 0 fully saturated rings. The van der Waals surface area contributed by atoms with Crippen molar-refractivity contribution in [2.45, 2.75) is 26.2 Å². The highest BCUT2D eigenvalue weighted by Gasteiger charge is 2.15. The average molecular weight is 423 g/mol. The highest BCUT2D eigenvalue weighted by atomic mass is 16.5. The van der Waals surface area contributed by atoms with Crippen LogP contribution in [-0.2, 0) is 26.2 Å². The Morgan fingerprint density at radius 3 is 2.19 bits per heavy atom. The van der Waals surface area contributed by atoms with Crippen LogP contribution < -0.4 is 14.8 Å². The van der Waals surface area contributed by atoms with E-state index >= 15 is 0 Å². The molecule has 32 heavy (non-hydrogen) atoms. The first-order valence-corrected chi connectivity index (χ1v) is 11.0. The fourth-order valence-electron chi connectivity index (χ4n) is 3.94. The Hall–Kier alpha value is -3.63. The summed E-state index contributed by atoms with van der Waals surface area (Å²) in [6.07, 6.45) is 1.07. The van der Waals surface area contributed by atoms with Crippen molar-refractivity contribution in [2.75, 3.05) is 6.54 Å². The van der Waals surface area contributed by atoms with Crippen molar-refractivity contribution in [1.82, 2.24) is 10.3 Å². The summed E-state index contributed by atoms with van der Waals surface area (Å²) in [5.74, 6) is 1.14. The third-order valence-corrected chi connectivity index (χ3v) is 5.69. The lowest BCUT2D eigenvalue weighted by atomic mass is 9.96. The lowest BCUT2D eigenvalue weighted by Gasteiger charge is -2.19. The minimum atomic E-state index is 0.454. The van der Waals surface area contributed by atoms with Crippen LogP contribution in [0.2, 0.25) is 0 Å². The molecular weight excluding hydrogens is 396 g/mol. The highest BCUT2D eigenvalue weighted by Crippen LogP contribution is 2.33. The molecule has 1 aromatic heterocycles. The first-order chi connectivity index (χ1) is 15.8. The van der Waals surface area contributed by atoms with Gasteiger partial charge in [-0.25, -0.2) is 0 Å². The number of nitrogens with zero attached hydrogens (tertiary/aromatic N) is 1. The van der Waals surface area contributed by atoms with E-state index in [4.69, 9.17) is 14.5 Å². The second kappa shape index (κ2) is 9.67. The van der Waals surface area contributed by atoms with Gasteiger partial charge in [0.2, 0.25) is 11.8 Å². The van der Waals surface area contributed by atoms with Gasteiger partial charge in [-0.05, 0) is 52.9 Å². The summed E-state index contributed by atoms with van der Waals surface area (Å²) in [6, 6.07) is 30.9. The lowest BCUT2D eigenvalue weighted by Crippen LogP contribution is -2.23. The van der Waals surface area contributed by atoms with Crippen molar-refractivity contribution < 1.29 is 9.47 Å². The van der Waals surface area contributed by atoms with Gasteiger partial charge in [-0.3, -0.25) is 0 Å². The van der Waals surface area contributed by atoms with Crippen LogP contribution in [0, 0.1) is 0 Å². The molecule has 3 aromatic carbocycles. The molecule has 4 heteroatoms. The van der Waals surface area contributed by atoms with E-state index < -0.39 is 0 Å². The first kappa shape index (κ1) is 20.3. The normalized spacial score (nSPS) is 12.8. The zero-order valence-electron chi connectivity index (χ0n) is 18.0. The fraction of sp³-hybridized carbons (Fsp3) is 0.179. The third-order valence-electron chi connectivity index (χ3n) is 5.69. The Bertz CT molecular complexity index is 1180. The van der Waals surface area contributed by atoms with Crippen molar-refractivity contribution >= 4 is 0 Å². The molecule has 4 nitrogen and oxygen atoms in total. The molecule has 0 radical (unpaired) electrons. The summed E-state index contributed by atoms with van der Waals surface area (Å²) < 4.78 is 12.2. The van der Waals surface area contributed by atoms with E-state index in [0.717, 1.165) is 41.8 Å². The third kappa shape index (κ3) is 4.82. The maximum atomic E-state index is 6.21. The predicted molar refractivity (Wildman–Crippen MR) is 127 cm³/mol. The van der Waals surface area contributed by atoms with Crippen LogP contribution in [0.15, 0.2) is 91.0 Å². The Kier molecular flexibility index (Phi) is 6.13.